The summed E-state index contributed by atoms with van der Waals surface area (Å²) in [5.74, 6) is 0.989. The minimum atomic E-state index is -1.22. The summed E-state index contributed by atoms with van der Waals surface area (Å²) in [5.41, 5.74) is 2.09. The Bertz CT molecular complexity index is 998. The molecule has 0 saturated carbocycles. The Morgan fingerprint density at radius 2 is 1.90 bits per heavy atom. The molecule has 3 aromatic rings. The van der Waals surface area contributed by atoms with E-state index in [-0.39, 0.29) is 0 Å². The first-order valence-corrected chi connectivity index (χ1v) is 10.5. The van der Waals surface area contributed by atoms with Gasteiger partial charge in [0.25, 0.3) is 0 Å². The van der Waals surface area contributed by atoms with E-state index >= 15 is 0 Å². The van der Waals surface area contributed by atoms with E-state index in [9.17, 15) is 15.3 Å². The second-order valence-corrected chi connectivity index (χ2v) is 7.57. The van der Waals surface area contributed by atoms with Gasteiger partial charge in [-0.05, 0) is 12.0 Å². The second kappa shape index (κ2) is 9.56. The number of imidazole rings is 1. The van der Waals surface area contributed by atoms with E-state index in [1.165, 1.54) is 6.33 Å². The lowest BCUT2D eigenvalue weighted by atomic mass is 10.1. The molecule has 0 aliphatic carbocycles. The largest absolute Gasteiger partial charge is 0.394 e. The Kier molecular flexibility index (Phi) is 6.62. The number of anilines is 2. The van der Waals surface area contributed by atoms with E-state index in [2.05, 4.69) is 32.5 Å². The molecule has 4 rings (SSSR count). The van der Waals surface area contributed by atoms with Crippen LogP contribution in [0, 0.1) is 0 Å². The smallest absolute Gasteiger partial charge is 0.227 e. The fourth-order valence-corrected chi connectivity index (χ4v) is 3.58. The third kappa shape index (κ3) is 4.47. The number of aliphatic hydroxyl groups is 3. The molecule has 0 amide bonds. The van der Waals surface area contributed by atoms with Crippen LogP contribution in [0.15, 0.2) is 36.7 Å². The van der Waals surface area contributed by atoms with Crippen molar-refractivity contribution >= 4 is 22.9 Å². The van der Waals surface area contributed by atoms with Crippen molar-refractivity contribution in [3.63, 3.8) is 0 Å². The summed E-state index contributed by atoms with van der Waals surface area (Å²) < 4.78 is 7.24. The van der Waals surface area contributed by atoms with Gasteiger partial charge < -0.3 is 30.7 Å². The zero-order valence-corrected chi connectivity index (χ0v) is 17.3. The number of fused-ring (bicyclic) bond motifs is 1. The van der Waals surface area contributed by atoms with Crippen LogP contribution in [0.25, 0.3) is 11.2 Å². The normalized spacial score (nSPS) is 23.4. The maximum Gasteiger partial charge on any atom is 0.227 e. The Hall–Kier alpha value is -2.79. The number of benzene rings is 1. The van der Waals surface area contributed by atoms with Gasteiger partial charge >= 0.3 is 0 Å². The molecule has 1 saturated heterocycles. The highest BCUT2D eigenvalue weighted by atomic mass is 16.6. The minimum Gasteiger partial charge on any atom is -0.394 e. The monoisotopic (exact) mass is 428 g/mol. The summed E-state index contributed by atoms with van der Waals surface area (Å²) in [5, 5.41) is 36.5. The van der Waals surface area contributed by atoms with Crippen LogP contribution in [0.1, 0.15) is 31.6 Å². The topological polar surface area (TPSA) is 138 Å². The van der Waals surface area contributed by atoms with Gasteiger partial charge in [0.1, 0.15) is 18.3 Å². The molecule has 1 fully saturated rings. The Balaban J connectivity index is 1.67. The van der Waals surface area contributed by atoms with Crippen LogP contribution in [0.4, 0.5) is 11.8 Å². The second-order valence-electron chi connectivity index (χ2n) is 7.57. The summed E-state index contributed by atoms with van der Waals surface area (Å²) in [6, 6.07) is 9.91. The van der Waals surface area contributed by atoms with Gasteiger partial charge in [-0.15, -0.1) is 0 Å². The first-order chi connectivity index (χ1) is 15.1. The van der Waals surface area contributed by atoms with Gasteiger partial charge in [-0.3, -0.25) is 4.57 Å². The molecule has 1 unspecified atom stereocenters. The van der Waals surface area contributed by atoms with Crippen molar-refractivity contribution in [2.24, 2.45) is 0 Å². The van der Waals surface area contributed by atoms with Crippen molar-refractivity contribution in [2.45, 2.75) is 50.8 Å². The highest BCUT2D eigenvalue weighted by molar-refractivity contribution is 5.84. The zero-order chi connectivity index (χ0) is 21.8. The molecule has 5 N–H and O–H groups in total. The van der Waals surface area contributed by atoms with Gasteiger partial charge in [-0.25, -0.2) is 4.98 Å². The lowest BCUT2D eigenvalue weighted by Crippen LogP contribution is -2.33. The number of ether oxygens (including phenoxy) is 1. The molecule has 10 heteroatoms. The quantitative estimate of drug-likeness (QED) is 0.319. The van der Waals surface area contributed by atoms with Crippen molar-refractivity contribution < 1.29 is 20.1 Å². The van der Waals surface area contributed by atoms with E-state index < -0.39 is 31.1 Å². The number of hydrogen-bond acceptors (Lipinski definition) is 9. The summed E-state index contributed by atoms with van der Waals surface area (Å²) in [6.07, 6.45) is -0.694. The van der Waals surface area contributed by atoms with Crippen LogP contribution in [0.3, 0.4) is 0 Å². The van der Waals surface area contributed by atoms with Crippen molar-refractivity contribution in [3.05, 3.63) is 42.2 Å². The summed E-state index contributed by atoms with van der Waals surface area (Å²) >= 11 is 0. The van der Waals surface area contributed by atoms with Gasteiger partial charge in [0.15, 0.2) is 23.2 Å². The number of aliphatic hydroxyl groups excluding tert-OH is 3. The van der Waals surface area contributed by atoms with Gasteiger partial charge in [-0.1, -0.05) is 43.7 Å². The lowest BCUT2D eigenvalue weighted by Gasteiger charge is -2.17. The number of rotatable bonds is 9. The van der Waals surface area contributed by atoms with Crippen molar-refractivity contribution in [3.8, 4) is 0 Å². The molecule has 3 heterocycles. The van der Waals surface area contributed by atoms with Crippen molar-refractivity contribution in [1.82, 2.24) is 19.5 Å². The minimum absolute atomic E-state index is 0.399. The highest BCUT2D eigenvalue weighted by Crippen LogP contribution is 2.32. The average Bonchev–Trinajstić information content (AvgIpc) is 3.34. The van der Waals surface area contributed by atoms with Crippen molar-refractivity contribution in [1.29, 1.82) is 0 Å². The van der Waals surface area contributed by atoms with E-state index in [0.717, 1.165) is 24.9 Å². The molecule has 1 aliphatic rings. The summed E-state index contributed by atoms with van der Waals surface area (Å²) in [7, 11) is 0. The molecule has 1 aliphatic heterocycles. The predicted molar refractivity (Wildman–Crippen MR) is 115 cm³/mol. The fourth-order valence-electron chi connectivity index (χ4n) is 3.58. The van der Waals surface area contributed by atoms with Crippen LogP contribution in [0.5, 0.6) is 0 Å². The number of nitrogens with zero attached hydrogens (tertiary/aromatic N) is 4. The van der Waals surface area contributed by atoms with Crippen LogP contribution < -0.4 is 10.6 Å². The Labute approximate surface area is 179 Å². The van der Waals surface area contributed by atoms with Gasteiger partial charge in [0.2, 0.25) is 5.95 Å². The molecular formula is C21H28N6O4. The third-order valence-corrected chi connectivity index (χ3v) is 5.33. The lowest BCUT2D eigenvalue weighted by molar-refractivity contribution is -0.0511. The SMILES string of the molecule is CCCCNc1nc(NCc2ccccc2)nc2c1ncn2C1O[C@H](CO)[C@@H](O)[C@H]1O. The van der Waals surface area contributed by atoms with E-state index in [1.54, 1.807) is 4.57 Å². The summed E-state index contributed by atoms with van der Waals surface area (Å²) in [4.78, 5) is 13.6. The number of nitrogens with one attached hydrogen (secondary N) is 2. The van der Waals surface area contributed by atoms with E-state index in [0.29, 0.717) is 29.5 Å². The van der Waals surface area contributed by atoms with Crippen molar-refractivity contribution in [2.75, 3.05) is 23.8 Å². The number of hydrogen-bond donors (Lipinski definition) is 5. The molecule has 166 valence electrons. The molecule has 0 spiro atoms. The van der Waals surface area contributed by atoms with Crippen LogP contribution in [0.2, 0.25) is 0 Å². The van der Waals surface area contributed by atoms with Gasteiger partial charge in [0, 0.05) is 13.1 Å². The molecule has 10 nitrogen and oxygen atoms in total. The Morgan fingerprint density at radius 3 is 2.61 bits per heavy atom. The van der Waals surface area contributed by atoms with Crippen LogP contribution >= 0.6 is 0 Å². The van der Waals surface area contributed by atoms with E-state index in [1.807, 2.05) is 30.3 Å². The van der Waals surface area contributed by atoms with E-state index in [4.69, 9.17) is 4.74 Å². The van der Waals surface area contributed by atoms with Crippen LogP contribution in [-0.4, -0.2) is 66.3 Å². The molecule has 0 bridgehead atoms. The first-order valence-electron chi connectivity index (χ1n) is 10.5. The van der Waals surface area contributed by atoms with Gasteiger partial charge in [-0.2, -0.15) is 9.97 Å². The fraction of sp³-hybridized carbons (Fsp3) is 0.476. The first kappa shape index (κ1) is 21.4. The van der Waals surface area contributed by atoms with Crippen LogP contribution in [-0.2, 0) is 11.3 Å². The maximum atomic E-state index is 10.4. The molecule has 31 heavy (non-hydrogen) atoms. The zero-order valence-electron chi connectivity index (χ0n) is 17.3. The highest BCUT2D eigenvalue weighted by Gasteiger charge is 2.44. The Morgan fingerprint density at radius 1 is 1.10 bits per heavy atom. The number of unbranched alkanes of at least 4 members (excludes halogenated alkanes) is 1. The number of aromatic nitrogens is 4. The third-order valence-electron chi connectivity index (χ3n) is 5.33. The predicted octanol–water partition coefficient (Wildman–Crippen LogP) is 1.26. The molecule has 4 atom stereocenters. The standard InChI is InChI=1S/C21H28N6O4/c1-2-3-9-22-18-15-19(26-21(25-18)23-10-13-7-5-4-6-8-13)27(12-24-15)20-17(30)16(29)14(11-28)31-20/h4-8,12,14,16-17,20,28-30H,2-3,9-11H2,1H3,(H2,22,23,25,26)/t14-,16-,17-,20?/m1/s1. The molecule has 0 radical (unpaired) electrons. The molecular weight excluding hydrogens is 400 g/mol. The molecule has 2 aromatic heterocycles. The maximum absolute atomic E-state index is 10.4. The van der Waals surface area contributed by atoms with Gasteiger partial charge in [0.05, 0.1) is 12.9 Å². The molecule has 1 aromatic carbocycles. The summed E-state index contributed by atoms with van der Waals surface area (Å²) in [6.45, 7) is 2.99. The average molecular weight is 428 g/mol.